The Hall–Kier alpha value is -5.80. The topological polar surface area (TPSA) is 122 Å². The summed E-state index contributed by atoms with van der Waals surface area (Å²) in [4.78, 5) is 58.4. The molecule has 4 rings (SSSR count). The van der Waals surface area contributed by atoms with Gasteiger partial charge in [-0.15, -0.1) is 13.2 Å². The Balaban J connectivity index is 1.58. The van der Waals surface area contributed by atoms with Gasteiger partial charge in [-0.1, -0.05) is 133 Å². The van der Waals surface area contributed by atoms with E-state index >= 15 is 0 Å². The van der Waals surface area contributed by atoms with E-state index in [0.29, 0.717) is 25.7 Å². The number of benzene rings is 4. The fourth-order valence-electron chi connectivity index (χ4n) is 7.05. The van der Waals surface area contributed by atoms with Crippen LogP contribution in [-0.4, -0.2) is 77.9 Å². The quantitative estimate of drug-likeness (QED) is 0.0680. The number of nitrogens with two attached hydrogens (primary N) is 1. The number of carbonyl (C=O) groups is 4. The average molecular weight is 757 g/mol. The van der Waals surface area contributed by atoms with E-state index in [0.717, 1.165) is 22.3 Å². The lowest BCUT2D eigenvalue weighted by Gasteiger charge is -2.33. The van der Waals surface area contributed by atoms with Crippen molar-refractivity contribution in [2.75, 3.05) is 20.2 Å². The van der Waals surface area contributed by atoms with Crippen LogP contribution in [0.15, 0.2) is 147 Å². The standard InChI is InChI=1S/C47H56N4O5/c1-4-26-50(45(53)32-40(48)28-36-18-10-6-11-19-36)42(30-38-22-14-8-15-23-38)34-44(52)49-41(29-37-20-12-7-13-21-37)33-46(54)51(27-5-2)43(35-47(55)56-3)31-39-24-16-9-17-25-39/h4-25,40-43H,1-2,26-35,48H2,3H3,(H,49,52)/t40-,41-,42-,43-/m0/s1. The molecule has 0 fully saturated rings. The molecule has 0 aliphatic heterocycles. The number of esters is 1. The smallest absolute Gasteiger partial charge is 0.307 e. The molecule has 0 aromatic heterocycles. The highest BCUT2D eigenvalue weighted by Crippen LogP contribution is 2.19. The Kier molecular flexibility index (Phi) is 17.8. The molecule has 3 amide bonds. The Bertz CT molecular complexity index is 1820. The van der Waals surface area contributed by atoms with E-state index in [1.165, 1.54) is 7.11 Å². The number of ether oxygens (including phenoxy) is 1. The molecule has 0 radical (unpaired) electrons. The summed E-state index contributed by atoms with van der Waals surface area (Å²) in [7, 11) is 1.33. The van der Waals surface area contributed by atoms with Crippen molar-refractivity contribution in [1.82, 2.24) is 15.1 Å². The molecule has 0 spiro atoms. The first-order valence-electron chi connectivity index (χ1n) is 19.3. The van der Waals surface area contributed by atoms with Crippen LogP contribution < -0.4 is 11.1 Å². The lowest BCUT2D eigenvalue weighted by atomic mass is 9.97. The van der Waals surface area contributed by atoms with Crippen molar-refractivity contribution < 1.29 is 23.9 Å². The summed E-state index contributed by atoms with van der Waals surface area (Å²) in [5, 5.41) is 3.17. The molecule has 0 saturated heterocycles. The molecular weight excluding hydrogens is 701 g/mol. The minimum atomic E-state index is -0.583. The first-order valence-corrected chi connectivity index (χ1v) is 19.3. The number of hydrogen-bond donors (Lipinski definition) is 2. The van der Waals surface area contributed by atoms with Gasteiger partial charge in [0.05, 0.1) is 13.5 Å². The number of nitrogens with one attached hydrogen (secondary N) is 1. The molecule has 9 heteroatoms. The van der Waals surface area contributed by atoms with Crippen LogP contribution in [0.5, 0.6) is 0 Å². The summed E-state index contributed by atoms with van der Waals surface area (Å²) in [5.74, 6) is -1.10. The molecule has 0 heterocycles. The third kappa shape index (κ3) is 14.5. The van der Waals surface area contributed by atoms with Gasteiger partial charge in [0, 0.05) is 56.5 Å². The molecule has 0 bridgehead atoms. The van der Waals surface area contributed by atoms with E-state index in [1.807, 2.05) is 121 Å². The molecule has 56 heavy (non-hydrogen) atoms. The van der Waals surface area contributed by atoms with Crippen molar-refractivity contribution >= 4 is 23.7 Å². The minimum absolute atomic E-state index is 0.00276. The molecule has 4 atom stereocenters. The molecule has 4 aromatic rings. The van der Waals surface area contributed by atoms with Gasteiger partial charge in [0.15, 0.2) is 0 Å². The normalized spacial score (nSPS) is 13.0. The second kappa shape index (κ2) is 23.2. The number of amides is 3. The van der Waals surface area contributed by atoms with Crippen LogP contribution in [-0.2, 0) is 49.6 Å². The van der Waals surface area contributed by atoms with E-state index in [-0.39, 0.29) is 56.5 Å². The molecule has 0 aliphatic carbocycles. The van der Waals surface area contributed by atoms with Crippen LogP contribution in [0.4, 0.5) is 0 Å². The zero-order valence-electron chi connectivity index (χ0n) is 32.5. The van der Waals surface area contributed by atoms with Gasteiger partial charge in [-0.2, -0.15) is 0 Å². The number of hydrogen-bond acceptors (Lipinski definition) is 6. The van der Waals surface area contributed by atoms with E-state index in [1.54, 1.807) is 22.0 Å². The summed E-state index contributed by atoms with van der Waals surface area (Å²) in [6, 6.07) is 36.9. The highest BCUT2D eigenvalue weighted by atomic mass is 16.5. The Morgan fingerprint density at radius 2 is 0.982 bits per heavy atom. The van der Waals surface area contributed by atoms with Crippen molar-refractivity contribution in [3.8, 4) is 0 Å². The maximum absolute atomic E-state index is 14.3. The zero-order valence-corrected chi connectivity index (χ0v) is 32.5. The van der Waals surface area contributed by atoms with Gasteiger partial charge in [0.25, 0.3) is 0 Å². The lowest BCUT2D eigenvalue weighted by molar-refractivity contribution is -0.143. The molecule has 0 unspecified atom stereocenters. The van der Waals surface area contributed by atoms with Gasteiger partial charge in [0.1, 0.15) is 0 Å². The van der Waals surface area contributed by atoms with Crippen molar-refractivity contribution in [2.45, 2.75) is 75.5 Å². The average Bonchev–Trinajstić information content (AvgIpc) is 3.19. The lowest BCUT2D eigenvalue weighted by Crippen LogP contribution is -2.49. The van der Waals surface area contributed by atoms with E-state index < -0.39 is 30.1 Å². The Morgan fingerprint density at radius 3 is 1.41 bits per heavy atom. The third-order valence-corrected chi connectivity index (χ3v) is 9.74. The number of methoxy groups -OCH3 is 1. The summed E-state index contributed by atoms with van der Waals surface area (Å²) >= 11 is 0. The molecule has 9 nitrogen and oxygen atoms in total. The predicted molar refractivity (Wildman–Crippen MR) is 222 cm³/mol. The Labute approximate surface area is 332 Å². The number of nitrogens with zero attached hydrogens (tertiary/aromatic N) is 2. The maximum atomic E-state index is 14.3. The maximum Gasteiger partial charge on any atom is 0.307 e. The van der Waals surface area contributed by atoms with Crippen LogP contribution in [0.2, 0.25) is 0 Å². The fourth-order valence-corrected chi connectivity index (χ4v) is 7.05. The summed E-state index contributed by atoms with van der Waals surface area (Å²) in [6.45, 7) is 8.26. The summed E-state index contributed by atoms with van der Waals surface area (Å²) in [5.41, 5.74) is 10.5. The first kappa shape index (κ1) is 42.9. The van der Waals surface area contributed by atoms with Crippen molar-refractivity contribution in [3.63, 3.8) is 0 Å². The highest BCUT2D eigenvalue weighted by molar-refractivity contribution is 5.82. The van der Waals surface area contributed by atoms with Crippen LogP contribution in [0, 0.1) is 0 Å². The van der Waals surface area contributed by atoms with Crippen LogP contribution in [0.25, 0.3) is 0 Å². The van der Waals surface area contributed by atoms with Gasteiger partial charge >= 0.3 is 5.97 Å². The van der Waals surface area contributed by atoms with Gasteiger partial charge in [0.2, 0.25) is 17.7 Å². The van der Waals surface area contributed by atoms with Gasteiger partial charge < -0.3 is 25.6 Å². The van der Waals surface area contributed by atoms with Gasteiger partial charge in [-0.3, -0.25) is 19.2 Å². The largest absolute Gasteiger partial charge is 0.469 e. The molecule has 294 valence electrons. The molecule has 4 aromatic carbocycles. The predicted octanol–water partition coefficient (Wildman–Crippen LogP) is 6.27. The number of rotatable bonds is 23. The molecule has 0 aliphatic rings. The van der Waals surface area contributed by atoms with Crippen molar-refractivity contribution in [3.05, 3.63) is 169 Å². The number of carbonyl (C=O) groups excluding carboxylic acids is 4. The summed E-state index contributed by atoms with van der Waals surface area (Å²) in [6.07, 6.45) is 5.21. The van der Waals surface area contributed by atoms with Crippen LogP contribution in [0.3, 0.4) is 0 Å². The Morgan fingerprint density at radius 1 is 0.589 bits per heavy atom. The van der Waals surface area contributed by atoms with Crippen molar-refractivity contribution in [1.29, 1.82) is 0 Å². The fraction of sp³-hybridized carbons (Fsp3) is 0.319. The summed E-state index contributed by atoms with van der Waals surface area (Å²) < 4.78 is 5.02. The van der Waals surface area contributed by atoms with Crippen LogP contribution in [0.1, 0.15) is 47.9 Å². The van der Waals surface area contributed by atoms with Crippen molar-refractivity contribution in [2.24, 2.45) is 5.73 Å². The molecular formula is C47H56N4O5. The third-order valence-electron chi connectivity index (χ3n) is 9.74. The van der Waals surface area contributed by atoms with E-state index in [9.17, 15) is 19.2 Å². The first-order chi connectivity index (χ1) is 27.2. The monoisotopic (exact) mass is 756 g/mol. The van der Waals surface area contributed by atoms with E-state index in [2.05, 4.69) is 18.5 Å². The SMILES string of the molecule is C=CCN(C(=O)C[C@@H](N)Cc1ccccc1)[C@H](CC(=O)N[C@H](CC(=O)N(CC=C)[C@H](CC(=O)OC)Cc1ccccc1)Cc1ccccc1)Cc1ccccc1. The highest BCUT2D eigenvalue weighted by Gasteiger charge is 2.31. The van der Waals surface area contributed by atoms with Gasteiger partial charge in [-0.25, -0.2) is 0 Å². The van der Waals surface area contributed by atoms with Gasteiger partial charge in [-0.05, 0) is 47.9 Å². The van der Waals surface area contributed by atoms with E-state index in [4.69, 9.17) is 10.5 Å². The molecule has 0 saturated carbocycles. The molecule has 3 N–H and O–H groups in total. The minimum Gasteiger partial charge on any atom is -0.469 e. The zero-order chi connectivity index (χ0) is 40.1. The second-order valence-electron chi connectivity index (χ2n) is 14.2. The second-order valence-corrected chi connectivity index (χ2v) is 14.2. The van der Waals surface area contributed by atoms with Crippen LogP contribution >= 0.6 is 0 Å².